The fraction of sp³-hybridized carbons (Fsp3) is 0.500. The molecule has 1 unspecified atom stereocenters. The summed E-state index contributed by atoms with van der Waals surface area (Å²) in [4.78, 5) is 19.0. The summed E-state index contributed by atoms with van der Waals surface area (Å²) in [6.45, 7) is 0. The second-order valence-corrected chi connectivity index (χ2v) is 6.25. The summed E-state index contributed by atoms with van der Waals surface area (Å²) in [6.07, 6.45) is 3.23. The second-order valence-electron chi connectivity index (χ2n) is 4.02. The van der Waals surface area contributed by atoms with Gasteiger partial charge in [-0.15, -0.1) is 0 Å². The van der Waals surface area contributed by atoms with Crippen LogP contribution in [0.25, 0.3) is 0 Å². The molecule has 1 saturated heterocycles. The molecule has 18 heavy (non-hydrogen) atoms. The number of nitrogens with one attached hydrogen (secondary N) is 1. The van der Waals surface area contributed by atoms with E-state index in [0.29, 0.717) is 12.2 Å². The minimum absolute atomic E-state index is 0.105. The number of sulfone groups is 1. The van der Waals surface area contributed by atoms with E-state index in [1.54, 1.807) is 0 Å². The van der Waals surface area contributed by atoms with Crippen LogP contribution in [-0.2, 0) is 14.6 Å². The highest BCUT2D eigenvalue weighted by atomic mass is 32.2. The third-order valence-electron chi connectivity index (χ3n) is 2.63. The van der Waals surface area contributed by atoms with Gasteiger partial charge in [-0.3, -0.25) is 0 Å². The van der Waals surface area contributed by atoms with Gasteiger partial charge in [-0.25, -0.2) is 23.2 Å². The van der Waals surface area contributed by atoms with Gasteiger partial charge < -0.3 is 10.1 Å². The molecule has 2 heterocycles. The number of carbonyl (C=O) groups excluding carboxylic acids is 1. The van der Waals surface area contributed by atoms with Crippen LogP contribution in [0, 0.1) is 0 Å². The monoisotopic (exact) mass is 271 g/mol. The highest BCUT2D eigenvalue weighted by Crippen LogP contribution is 2.15. The molecule has 2 rings (SSSR count). The number of carbonyl (C=O) groups is 1. The average Bonchev–Trinajstić information content (AvgIpc) is 2.68. The maximum absolute atomic E-state index is 11.3. The molecule has 1 N–H and O–H groups in total. The van der Waals surface area contributed by atoms with Gasteiger partial charge in [0.25, 0.3) is 0 Å². The second kappa shape index (κ2) is 4.89. The molecule has 0 amide bonds. The molecule has 0 saturated carbocycles. The number of hydrogen-bond donors (Lipinski definition) is 1. The minimum Gasteiger partial charge on any atom is -0.464 e. The molecule has 1 fully saturated rings. The van der Waals surface area contributed by atoms with E-state index in [9.17, 15) is 13.2 Å². The zero-order chi connectivity index (χ0) is 13.2. The fourth-order valence-corrected chi connectivity index (χ4v) is 3.40. The first-order valence-corrected chi connectivity index (χ1v) is 7.19. The molecule has 98 valence electrons. The molecule has 1 aliphatic rings. The summed E-state index contributed by atoms with van der Waals surface area (Å²) < 4.78 is 27.0. The van der Waals surface area contributed by atoms with Crippen LogP contribution < -0.4 is 5.32 Å². The molecule has 0 aromatic carbocycles. The average molecular weight is 271 g/mol. The number of hydrogen-bond acceptors (Lipinski definition) is 7. The minimum atomic E-state index is -2.93. The lowest BCUT2D eigenvalue weighted by Crippen LogP contribution is -2.21. The number of ether oxygens (including phenoxy) is 1. The summed E-state index contributed by atoms with van der Waals surface area (Å²) in [5, 5.41) is 2.98. The van der Waals surface area contributed by atoms with E-state index < -0.39 is 15.8 Å². The van der Waals surface area contributed by atoms with Gasteiger partial charge >= 0.3 is 5.97 Å². The molecule has 1 atom stereocenters. The molecule has 7 nitrogen and oxygen atoms in total. The predicted molar refractivity (Wildman–Crippen MR) is 64.1 cm³/mol. The van der Waals surface area contributed by atoms with Crippen molar-refractivity contribution in [3.05, 3.63) is 18.1 Å². The van der Waals surface area contributed by atoms with E-state index >= 15 is 0 Å². The summed E-state index contributed by atoms with van der Waals surface area (Å²) in [5.74, 6) is 0.188. The lowest BCUT2D eigenvalue weighted by molar-refractivity contribution is 0.0593. The van der Waals surface area contributed by atoms with Crippen molar-refractivity contribution in [3.8, 4) is 0 Å². The van der Waals surface area contributed by atoms with Crippen molar-refractivity contribution in [3.63, 3.8) is 0 Å². The van der Waals surface area contributed by atoms with Gasteiger partial charge in [0.05, 0.1) is 31.0 Å². The molecule has 1 aromatic rings. The molecule has 0 aliphatic carbocycles. The van der Waals surface area contributed by atoms with Gasteiger partial charge in [-0.05, 0) is 6.42 Å². The molecule has 1 aliphatic heterocycles. The molecule has 0 spiro atoms. The quantitative estimate of drug-likeness (QED) is 0.764. The van der Waals surface area contributed by atoms with Crippen LogP contribution in [0.15, 0.2) is 12.4 Å². The topological polar surface area (TPSA) is 98.2 Å². The number of nitrogens with zero attached hydrogens (tertiary/aromatic N) is 2. The van der Waals surface area contributed by atoms with Crippen LogP contribution in [0.4, 0.5) is 5.82 Å². The van der Waals surface area contributed by atoms with Crippen molar-refractivity contribution >= 4 is 21.6 Å². The van der Waals surface area contributed by atoms with Crippen LogP contribution in [0.5, 0.6) is 0 Å². The first-order valence-electron chi connectivity index (χ1n) is 5.37. The predicted octanol–water partition coefficient (Wildman–Crippen LogP) is -0.138. The number of aromatic nitrogens is 2. The van der Waals surface area contributed by atoms with E-state index in [0.717, 1.165) is 0 Å². The highest BCUT2D eigenvalue weighted by molar-refractivity contribution is 7.91. The Balaban J connectivity index is 2.01. The van der Waals surface area contributed by atoms with Gasteiger partial charge in [0.1, 0.15) is 5.82 Å². The van der Waals surface area contributed by atoms with Gasteiger partial charge in [0.2, 0.25) is 0 Å². The van der Waals surface area contributed by atoms with Crippen molar-refractivity contribution in [2.24, 2.45) is 0 Å². The lowest BCUT2D eigenvalue weighted by Gasteiger charge is -2.10. The van der Waals surface area contributed by atoms with Gasteiger partial charge in [0.15, 0.2) is 15.5 Å². The zero-order valence-corrected chi connectivity index (χ0v) is 10.6. The Morgan fingerprint density at radius 3 is 2.72 bits per heavy atom. The number of methoxy groups -OCH3 is 1. The summed E-state index contributed by atoms with van der Waals surface area (Å²) >= 11 is 0. The molecular formula is C10H13N3O4S. The molecular weight excluding hydrogens is 258 g/mol. The summed E-state index contributed by atoms with van der Waals surface area (Å²) in [7, 11) is -1.66. The van der Waals surface area contributed by atoms with Crippen molar-refractivity contribution < 1.29 is 17.9 Å². The Hall–Kier alpha value is -1.70. The smallest absolute Gasteiger partial charge is 0.358 e. The molecule has 8 heteroatoms. The van der Waals surface area contributed by atoms with Gasteiger partial charge in [0, 0.05) is 6.04 Å². The third-order valence-corrected chi connectivity index (χ3v) is 4.40. The SMILES string of the molecule is COC(=O)c1cnc(NC2CCS(=O)(=O)C2)cn1. The van der Waals surface area contributed by atoms with Crippen molar-refractivity contribution in [1.82, 2.24) is 9.97 Å². The first-order chi connectivity index (χ1) is 8.50. The van der Waals surface area contributed by atoms with E-state index in [4.69, 9.17) is 0 Å². The molecule has 0 bridgehead atoms. The Kier molecular flexibility index (Phi) is 3.46. The van der Waals surface area contributed by atoms with Crippen molar-refractivity contribution in [2.45, 2.75) is 12.5 Å². The summed E-state index contributed by atoms with van der Waals surface area (Å²) in [5.41, 5.74) is 0.113. The first kappa shape index (κ1) is 12.7. The van der Waals surface area contributed by atoms with Crippen molar-refractivity contribution in [2.75, 3.05) is 23.9 Å². The molecule has 1 aromatic heterocycles. The Morgan fingerprint density at radius 1 is 1.44 bits per heavy atom. The maximum Gasteiger partial charge on any atom is 0.358 e. The van der Waals surface area contributed by atoms with Gasteiger partial charge in [-0.2, -0.15) is 0 Å². The van der Waals surface area contributed by atoms with Crippen LogP contribution >= 0.6 is 0 Å². The molecule has 0 radical (unpaired) electrons. The Labute approximate surface area is 105 Å². The van der Waals surface area contributed by atoms with Crippen LogP contribution in [-0.4, -0.2) is 49.0 Å². The van der Waals surface area contributed by atoms with Crippen LogP contribution in [0.3, 0.4) is 0 Å². The van der Waals surface area contributed by atoms with Crippen LogP contribution in [0.2, 0.25) is 0 Å². The van der Waals surface area contributed by atoms with E-state index in [1.165, 1.54) is 19.5 Å². The van der Waals surface area contributed by atoms with E-state index in [2.05, 4.69) is 20.0 Å². The van der Waals surface area contributed by atoms with E-state index in [-0.39, 0.29) is 23.2 Å². The highest BCUT2D eigenvalue weighted by Gasteiger charge is 2.27. The normalized spacial score (nSPS) is 21.5. The number of esters is 1. The zero-order valence-electron chi connectivity index (χ0n) is 9.79. The number of rotatable bonds is 3. The number of anilines is 1. The Bertz CT molecular complexity index is 541. The third kappa shape index (κ3) is 2.95. The standard InChI is InChI=1S/C10H13N3O4S/c1-17-10(14)8-4-12-9(5-11-8)13-7-2-3-18(15,16)6-7/h4-5,7H,2-3,6H2,1H3,(H,12,13). The lowest BCUT2D eigenvalue weighted by atomic mass is 10.3. The van der Waals surface area contributed by atoms with E-state index in [1.807, 2.05) is 0 Å². The van der Waals surface area contributed by atoms with Gasteiger partial charge in [-0.1, -0.05) is 0 Å². The van der Waals surface area contributed by atoms with Crippen LogP contribution in [0.1, 0.15) is 16.9 Å². The largest absolute Gasteiger partial charge is 0.464 e. The van der Waals surface area contributed by atoms with Crippen molar-refractivity contribution in [1.29, 1.82) is 0 Å². The fourth-order valence-electron chi connectivity index (χ4n) is 1.73. The Morgan fingerprint density at radius 2 is 2.22 bits per heavy atom. The maximum atomic E-state index is 11.3. The summed E-state index contributed by atoms with van der Waals surface area (Å²) in [6, 6.07) is -0.145.